The molecule has 108 valence electrons. The molecule has 0 aliphatic heterocycles. The first-order chi connectivity index (χ1) is 9.91. The standard InChI is InChI=1S/C13H8Br2N2O4/c14-8-4-2-5-9(15)11(8)16-10-6-1-3-7(13(18)19)12(10)17(20)21/h1-6,16H,(H,18,19). The van der Waals surface area contributed by atoms with Crippen molar-refractivity contribution in [1.29, 1.82) is 0 Å². The summed E-state index contributed by atoms with van der Waals surface area (Å²) in [6, 6.07) is 9.42. The van der Waals surface area contributed by atoms with Crippen molar-refractivity contribution in [2.75, 3.05) is 5.32 Å². The number of halogens is 2. The molecule has 0 aliphatic rings. The van der Waals surface area contributed by atoms with Crippen LogP contribution >= 0.6 is 31.9 Å². The van der Waals surface area contributed by atoms with Crippen LogP contribution in [0.4, 0.5) is 17.1 Å². The summed E-state index contributed by atoms with van der Waals surface area (Å²) in [6.45, 7) is 0. The SMILES string of the molecule is O=C(O)c1cccc(Nc2c(Br)cccc2Br)c1[N+](=O)[O-]. The molecule has 0 unspecified atom stereocenters. The van der Waals surface area contributed by atoms with E-state index in [0.29, 0.717) is 14.6 Å². The van der Waals surface area contributed by atoms with Gasteiger partial charge in [-0.25, -0.2) is 4.79 Å². The molecule has 2 N–H and O–H groups in total. The lowest BCUT2D eigenvalue weighted by Gasteiger charge is -2.11. The highest BCUT2D eigenvalue weighted by Crippen LogP contribution is 2.37. The summed E-state index contributed by atoms with van der Waals surface area (Å²) in [5, 5.41) is 23.1. The molecule has 0 aromatic heterocycles. The Morgan fingerprint density at radius 2 is 1.71 bits per heavy atom. The van der Waals surface area contributed by atoms with Crippen LogP contribution < -0.4 is 5.32 Å². The predicted molar refractivity (Wildman–Crippen MR) is 85.2 cm³/mol. The van der Waals surface area contributed by atoms with Crippen molar-refractivity contribution in [2.45, 2.75) is 0 Å². The van der Waals surface area contributed by atoms with Gasteiger partial charge in [0.1, 0.15) is 11.3 Å². The van der Waals surface area contributed by atoms with Gasteiger partial charge in [-0.3, -0.25) is 10.1 Å². The zero-order valence-corrected chi connectivity index (χ0v) is 13.5. The van der Waals surface area contributed by atoms with Crippen LogP contribution in [-0.2, 0) is 0 Å². The summed E-state index contributed by atoms with van der Waals surface area (Å²) in [4.78, 5) is 21.6. The van der Waals surface area contributed by atoms with E-state index in [1.54, 1.807) is 18.2 Å². The van der Waals surface area contributed by atoms with Crippen LogP contribution in [0.2, 0.25) is 0 Å². The van der Waals surface area contributed by atoms with Gasteiger partial charge in [0.15, 0.2) is 0 Å². The van der Waals surface area contributed by atoms with Crippen LogP contribution in [-0.4, -0.2) is 16.0 Å². The summed E-state index contributed by atoms with van der Waals surface area (Å²) in [6.07, 6.45) is 0. The molecule has 2 aromatic rings. The maximum atomic E-state index is 11.2. The molecule has 0 aliphatic carbocycles. The topological polar surface area (TPSA) is 92.5 Å². The Kier molecular flexibility index (Phi) is 4.59. The second kappa shape index (κ2) is 6.23. The van der Waals surface area contributed by atoms with Crippen molar-refractivity contribution in [3.05, 3.63) is 61.0 Å². The van der Waals surface area contributed by atoms with Gasteiger partial charge >= 0.3 is 11.7 Å². The van der Waals surface area contributed by atoms with E-state index < -0.39 is 16.6 Å². The van der Waals surface area contributed by atoms with Crippen molar-refractivity contribution in [2.24, 2.45) is 0 Å². The third kappa shape index (κ3) is 3.22. The second-order valence-corrected chi connectivity index (χ2v) is 5.69. The number of carbonyl (C=O) groups is 1. The first-order valence-electron chi connectivity index (χ1n) is 5.63. The number of nitro groups is 1. The molecule has 0 atom stereocenters. The van der Waals surface area contributed by atoms with Crippen molar-refractivity contribution in [3.8, 4) is 0 Å². The molecule has 0 bridgehead atoms. The van der Waals surface area contributed by atoms with Crippen LogP contribution in [0.25, 0.3) is 0 Å². The number of nitrogens with zero attached hydrogens (tertiary/aromatic N) is 1. The number of rotatable bonds is 4. The molecule has 0 amide bonds. The van der Waals surface area contributed by atoms with Crippen LogP contribution in [0.15, 0.2) is 45.3 Å². The lowest BCUT2D eigenvalue weighted by molar-refractivity contribution is -0.384. The van der Waals surface area contributed by atoms with E-state index in [1.165, 1.54) is 18.2 Å². The van der Waals surface area contributed by atoms with Crippen molar-refractivity contribution >= 4 is 54.9 Å². The molecule has 0 saturated heterocycles. The fraction of sp³-hybridized carbons (Fsp3) is 0. The zero-order chi connectivity index (χ0) is 15.6. The first-order valence-corrected chi connectivity index (χ1v) is 7.22. The first kappa shape index (κ1) is 15.5. The second-order valence-electron chi connectivity index (χ2n) is 3.99. The molecule has 2 rings (SSSR count). The highest BCUT2D eigenvalue weighted by atomic mass is 79.9. The number of anilines is 2. The molecule has 6 nitrogen and oxygen atoms in total. The largest absolute Gasteiger partial charge is 0.477 e. The number of hydrogen-bond acceptors (Lipinski definition) is 4. The van der Waals surface area contributed by atoms with Gasteiger partial charge in [0.05, 0.1) is 10.6 Å². The number of para-hydroxylation sites is 2. The minimum absolute atomic E-state index is 0.104. The molecule has 0 fully saturated rings. The van der Waals surface area contributed by atoms with E-state index in [2.05, 4.69) is 37.2 Å². The Morgan fingerprint density at radius 3 is 2.24 bits per heavy atom. The Bertz CT molecular complexity index is 714. The van der Waals surface area contributed by atoms with Crippen LogP contribution in [0.1, 0.15) is 10.4 Å². The van der Waals surface area contributed by atoms with Gasteiger partial charge in [0.25, 0.3) is 0 Å². The van der Waals surface area contributed by atoms with Crippen molar-refractivity contribution in [3.63, 3.8) is 0 Å². The number of hydrogen-bond donors (Lipinski definition) is 2. The van der Waals surface area contributed by atoms with Crippen molar-refractivity contribution < 1.29 is 14.8 Å². The van der Waals surface area contributed by atoms with Gasteiger partial charge in [-0.2, -0.15) is 0 Å². The van der Waals surface area contributed by atoms with E-state index in [0.717, 1.165) is 0 Å². The molecule has 0 spiro atoms. The summed E-state index contributed by atoms with van der Waals surface area (Å²) in [7, 11) is 0. The average molecular weight is 416 g/mol. The monoisotopic (exact) mass is 414 g/mol. The minimum atomic E-state index is -1.35. The Morgan fingerprint density at radius 1 is 1.14 bits per heavy atom. The lowest BCUT2D eigenvalue weighted by Crippen LogP contribution is -2.06. The zero-order valence-electron chi connectivity index (χ0n) is 10.3. The number of nitro benzene ring substituents is 1. The van der Waals surface area contributed by atoms with Gasteiger partial charge in [0, 0.05) is 8.95 Å². The predicted octanol–water partition coefficient (Wildman–Crippen LogP) is 4.56. The highest BCUT2D eigenvalue weighted by molar-refractivity contribution is 9.11. The molecular formula is C13H8Br2N2O4. The van der Waals surface area contributed by atoms with Crippen LogP contribution in [0.3, 0.4) is 0 Å². The summed E-state index contributed by atoms with van der Waals surface area (Å²) >= 11 is 6.67. The average Bonchev–Trinajstić information content (AvgIpc) is 2.42. The fourth-order valence-electron chi connectivity index (χ4n) is 1.77. The van der Waals surface area contributed by atoms with Gasteiger partial charge in [-0.15, -0.1) is 0 Å². The Hall–Kier alpha value is -1.93. The fourth-order valence-corrected chi connectivity index (χ4v) is 2.96. The quantitative estimate of drug-likeness (QED) is 0.563. The molecule has 21 heavy (non-hydrogen) atoms. The van der Waals surface area contributed by atoms with E-state index in [9.17, 15) is 14.9 Å². The number of benzene rings is 2. The van der Waals surface area contributed by atoms with E-state index in [-0.39, 0.29) is 11.3 Å². The Balaban J connectivity index is 2.57. The maximum absolute atomic E-state index is 11.2. The van der Waals surface area contributed by atoms with Crippen LogP contribution in [0, 0.1) is 10.1 Å². The third-order valence-electron chi connectivity index (χ3n) is 2.67. The summed E-state index contributed by atoms with van der Waals surface area (Å²) < 4.78 is 1.37. The Labute approximate surface area is 136 Å². The smallest absolute Gasteiger partial charge is 0.342 e. The number of nitrogens with one attached hydrogen (secondary N) is 1. The molecular weight excluding hydrogens is 408 g/mol. The van der Waals surface area contributed by atoms with Gasteiger partial charge in [0.2, 0.25) is 0 Å². The number of carboxylic acid groups (broad SMARTS) is 1. The molecule has 2 aromatic carbocycles. The third-order valence-corrected chi connectivity index (χ3v) is 3.99. The number of carboxylic acids is 1. The minimum Gasteiger partial charge on any atom is -0.477 e. The van der Waals surface area contributed by atoms with Gasteiger partial charge in [-0.1, -0.05) is 12.1 Å². The summed E-state index contributed by atoms with van der Waals surface area (Å²) in [5.74, 6) is -1.35. The molecule has 0 saturated carbocycles. The summed E-state index contributed by atoms with van der Waals surface area (Å²) in [5.41, 5.74) is -0.170. The van der Waals surface area contributed by atoms with Crippen LogP contribution in [0.5, 0.6) is 0 Å². The highest BCUT2D eigenvalue weighted by Gasteiger charge is 2.24. The van der Waals surface area contributed by atoms with E-state index in [4.69, 9.17) is 5.11 Å². The molecule has 0 radical (unpaired) electrons. The van der Waals surface area contributed by atoms with E-state index in [1.807, 2.05) is 0 Å². The lowest BCUT2D eigenvalue weighted by atomic mass is 10.1. The van der Waals surface area contributed by atoms with Crippen molar-refractivity contribution in [1.82, 2.24) is 0 Å². The van der Waals surface area contributed by atoms with Gasteiger partial charge < -0.3 is 10.4 Å². The normalized spacial score (nSPS) is 10.2. The van der Waals surface area contributed by atoms with Gasteiger partial charge in [-0.05, 0) is 56.1 Å². The molecule has 0 heterocycles. The number of aromatic carboxylic acids is 1. The molecule has 8 heteroatoms. The van der Waals surface area contributed by atoms with E-state index >= 15 is 0 Å². The maximum Gasteiger partial charge on any atom is 0.342 e.